The van der Waals surface area contributed by atoms with Gasteiger partial charge in [-0.15, -0.1) is 0 Å². The molecule has 17 heavy (non-hydrogen) atoms. The van der Waals surface area contributed by atoms with Crippen molar-refractivity contribution in [2.45, 2.75) is 50.2 Å². The predicted molar refractivity (Wildman–Crippen MR) is 66.9 cm³/mol. The van der Waals surface area contributed by atoms with E-state index in [0.717, 1.165) is 32.3 Å². The number of ether oxygens (including phenoxy) is 1. The molecule has 1 aliphatic carbocycles. The maximum Gasteiger partial charge on any atom is 0.0812 e. The van der Waals surface area contributed by atoms with E-state index in [1.54, 1.807) is 0 Å². The lowest BCUT2D eigenvalue weighted by Crippen LogP contribution is -2.48. The lowest BCUT2D eigenvalue weighted by molar-refractivity contribution is -0.00827. The normalized spacial score (nSPS) is 33.6. The van der Waals surface area contributed by atoms with E-state index < -0.39 is 0 Å². The number of aryl methyl sites for hydroxylation is 1. The van der Waals surface area contributed by atoms with Gasteiger partial charge in [0.2, 0.25) is 0 Å². The maximum atomic E-state index is 6.47. The van der Waals surface area contributed by atoms with Crippen molar-refractivity contribution in [1.82, 2.24) is 4.98 Å². The Kier molecular flexibility index (Phi) is 2.68. The number of aromatic nitrogens is 1. The highest BCUT2D eigenvalue weighted by Gasteiger charge is 2.43. The molecule has 1 aromatic heterocycles. The summed E-state index contributed by atoms with van der Waals surface area (Å²) in [6.07, 6.45) is 6.31. The average molecular weight is 232 g/mol. The van der Waals surface area contributed by atoms with E-state index in [1.165, 1.54) is 11.3 Å². The molecule has 3 nitrogen and oxygen atoms in total. The zero-order valence-corrected chi connectivity index (χ0v) is 10.4. The third kappa shape index (κ3) is 1.78. The van der Waals surface area contributed by atoms with Crippen molar-refractivity contribution in [3.05, 3.63) is 29.6 Å². The molecule has 1 aliphatic heterocycles. The second kappa shape index (κ2) is 4.07. The van der Waals surface area contributed by atoms with Crippen LogP contribution in [0.1, 0.15) is 43.4 Å². The van der Waals surface area contributed by atoms with Gasteiger partial charge in [-0.2, -0.15) is 0 Å². The first kappa shape index (κ1) is 11.2. The molecule has 0 bridgehead atoms. The molecule has 0 spiro atoms. The number of hydrogen-bond donors (Lipinski definition) is 1. The highest BCUT2D eigenvalue weighted by molar-refractivity contribution is 5.30. The molecular formula is C14H20N2O. The van der Waals surface area contributed by atoms with E-state index in [-0.39, 0.29) is 11.6 Å². The van der Waals surface area contributed by atoms with Crippen LogP contribution in [0.2, 0.25) is 0 Å². The molecule has 2 heterocycles. The minimum atomic E-state index is -0.149. The number of pyridine rings is 1. The number of rotatable bonds is 2. The third-order valence-corrected chi connectivity index (χ3v) is 4.39. The van der Waals surface area contributed by atoms with Crippen LogP contribution in [0.3, 0.4) is 0 Å². The molecule has 0 aromatic carbocycles. The van der Waals surface area contributed by atoms with Crippen molar-refractivity contribution in [3.8, 4) is 0 Å². The fraction of sp³-hybridized carbons (Fsp3) is 0.643. The molecule has 3 atom stereocenters. The Bertz CT molecular complexity index is 412. The van der Waals surface area contributed by atoms with Gasteiger partial charge >= 0.3 is 0 Å². The van der Waals surface area contributed by atoms with Gasteiger partial charge in [-0.3, -0.25) is 4.98 Å². The average Bonchev–Trinajstić information content (AvgIpc) is 2.95. The van der Waals surface area contributed by atoms with Crippen LogP contribution in [-0.2, 0) is 11.2 Å². The van der Waals surface area contributed by atoms with Gasteiger partial charge in [-0.1, -0.05) is 6.07 Å². The molecule has 0 radical (unpaired) electrons. The number of nitrogens with zero attached hydrogens (tertiary/aromatic N) is 1. The summed E-state index contributed by atoms with van der Waals surface area (Å²) in [6.45, 7) is 3.01. The molecule has 3 heteroatoms. The fourth-order valence-electron chi connectivity index (χ4n) is 3.28. The highest BCUT2D eigenvalue weighted by atomic mass is 16.5. The summed E-state index contributed by atoms with van der Waals surface area (Å²) in [5.41, 5.74) is 8.89. The smallest absolute Gasteiger partial charge is 0.0812 e. The second-order valence-corrected chi connectivity index (χ2v) is 5.48. The molecular weight excluding hydrogens is 212 g/mol. The summed E-state index contributed by atoms with van der Waals surface area (Å²) in [4.78, 5) is 4.53. The van der Waals surface area contributed by atoms with Crippen molar-refractivity contribution < 1.29 is 4.74 Å². The zero-order valence-electron chi connectivity index (χ0n) is 10.4. The molecule has 3 unspecified atom stereocenters. The van der Waals surface area contributed by atoms with Gasteiger partial charge in [-0.05, 0) is 44.2 Å². The topological polar surface area (TPSA) is 48.1 Å². The molecule has 3 rings (SSSR count). The van der Waals surface area contributed by atoms with E-state index in [4.69, 9.17) is 10.5 Å². The van der Waals surface area contributed by atoms with Crippen LogP contribution < -0.4 is 5.73 Å². The Labute approximate surface area is 102 Å². The molecule has 1 fully saturated rings. The number of nitrogens with two attached hydrogens (primary N) is 1. The van der Waals surface area contributed by atoms with Crippen molar-refractivity contribution in [1.29, 1.82) is 0 Å². The van der Waals surface area contributed by atoms with E-state index in [9.17, 15) is 0 Å². The van der Waals surface area contributed by atoms with E-state index in [2.05, 4.69) is 18.0 Å². The summed E-state index contributed by atoms with van der Waals surface area (Å²) in [5.74, 6) is 0.370. The Morgan fingerprint density at radius 1 is 1.59 bits per heavy atom. The Morgan fingerprint density at radius 3 is 3.24 bits per heavy atom. The highest BCUT2D eigenvalue weighted by Crippen LogP contribution is 2.40. The van der Waals surface area contributed by atoms with Crippen LogP contribution in [0.4, 0.5) is 0 Å². The molecule has 0 saturated carbocycles. The fourth-order valence-corrected chi connectivity index (χ4v) is 3.28. The summed E-state index contributed by atoms with van der Waals surface area (Å²) in [5, 5.41) is 0. The van der Waals surface area contributed by atoms with Gasteiger partial charge < -0.3 is 10.5 Å². The Hall–Kier alpha value is -0.930. The van der Waals surface area contributed by atoms with Crippen LogP contribution in [0, 0.1) is 0 Å². The zero-order chi connectivity index (χ0) is 11.9. The Morgan fingerprint density at radius 2 is 2.47 bits per heavy atom. The van der Waals surface area contributed by atoms with Gasteiger partial charge in [0.1, 0.15) is 0 Å². The summed E-state index contributed by atoms with van der Waals surface area (Å²) in [7, 11) is 0. The monoisotopic (exact) mass is 232 g/mol. The van der Waals surface area contributed by atoms with Crippen LogP contribution in [0.25, 0.3) is 0 Å². The van der Waals surface area contributed by atoms with E-state index >= 15 is 0 Å². The first-order chi connectivity index (χ1) is 8.21. The predicted octanol–water partition coefficient (Wildman–Crippen LogP) is 2.01. The van der Waals surface area contributed by atoms with Crippen molar-refractivity contribution in [2.75, 3.05) is 6.61 Å². The lowest BCUT2D eigenvalue weighted by atomic mass is 9.83. The largest absolute Gasteiger partial charge is 0.374 e. The summed E-state index contributed by atoms with van der Waals surface area (Å²) >= 11 is 0. The second-order valence-electron chi connectivity index (χ2n) is 5.48. The van der Waals surface area contributed by atoms with Crippen molar-refractivity contribution in [2.24, 2.45) is 5.73 Å². The standard InChI is InChI=1S/C14H20N2O/c1-14(7-3-9-17-14)13(15)11-6-5-10-4-2-8-16-12(10)11/h2,4,8,11,13H,3,5-7,9,15H2,1H3. The Balaban J connectivity index is 1.86. The van der Waals surface area contributed by atoms with Gasteiger partial charge in [-0.25, -0.2) is 0 Å². The van der Waals surface area contributed by atoms with Crippen LogP contribution >= 0.6 is 0 Å². The molecule has 1 saturated heterocycles. The summed E-state index contributed by atoms with van der Waals surface area (Å²) in [6, 6.07) is 4.26. The molecule has 1 aromatic rings. The minimum absolute atomic E-state index is 0.0705. The van der Waals surface area contributed by atoms with Crippen LogP contribution in [0.15, 0.2) is 18.3 Å². The lowest BCUT2D eigenvalue weighted by Gasteiger charge is -2.34. The summed E-state index contributed by atoms with van der Waals surface area (Å²) < 4.78 is 5.88. The SMILES string of the molecule is CC1(C(N)C2CCc3cccnc32)CCCO1. The van der Waals surface area contributed by atoms with Gasteiger partial charge in [0.25, 0.3) is 0 Å². The number of hydrogen-bond acceptors (Lipinski definition) is 3. The van der Waals surface area contributed by atoms with Crippen LogP contribution in [0.5, 0.6) is 0 Å². The van der Waals surface area contributed by atoms with Crippen molar-refractivity contribution in [3.63, 3.8) is 0 Å². The minimum Gasteiger partial charge on any atom is -0.374 e. The third-order valence-electron chi connectivity index (χ3n) is 4.39. The van der Waals surface area contributed by atoms with Gasteiger partial charge in [0.05, 0.1) is 5.60 Å². The molecule has 2 aliphatic rings. The van der Waals surface area contributed by atoms with Gasteiger partial charge in [0.15, 0.2) is 0 Å². The van der Waals surface area contributed by atoms with E-state index in [0.29, 0.717) is 5.92 Å². The number of fused-ring (bicyclic) bond motifs is 1. The first-order valence-electron chi connectivity index (χ1n) is 6.54. The van der Waals surface area contributed by atoms with E-state index in [1.807, 2.05) is 12.3 Å². The maximum absolute atomic E-state index is 6.47. The van der Waals surface area contributed by atoms with Crippen molar-refractivity contribution >= 4 is 0 Å². The first-order valence-corrected chi connectivity index (χ1v) is 6.54. The molecule has 2 N–H and O–H groups in total. The molecule has 0 amide bonds. The molecule has 92 valence electrons. The quantitative estimate of drug-likeness (QED) is 0.848. The van der Waals surface area contributed by atoms with Gasteiger partial charge in [0, 0.05) is 30.5 Å². The van der Waals surface area contributed by atoms with Crippen LogP contribution in [-0.4, -0.2) is 23.2 Å².